The first-order chi connectivity index (χ1) is 24.4. The van der Waals surface area contributed by atoms with Gasteiger partial charge in [0, 0.05) is 6.92 Å². The second kappa shape index (κ2) is 18.0. The van der Waals surface area contributed by atoms with Gasteiger partial charge in [-0.25, -0.2) is 4.18 Å². The predicted molar refractivity (Wildman–Crippen MR) is 156 cm³/mol. The fourth-order valence-corrected chi connectivity index (χ4v) is 6.70. The Morgan fingerprint density at radius 1 is 0.558 bits per heavy atom. The van der Waals surface area contributed by atoms with Crippen LogP contribution in [0.3, 0.4) is 0 Å². The van der Waals surface area contributed by atoms with Crippen LogP contribution in [-0.4, -0.2) is 229 Å². The summed E-state index contributed by atoms with van der Waals surface area (Å²) in [6, 6.07) is -1.83. The number of amides is 1. The third-order valence-corrected chi connectivity index (χ3v) is 9.28. The van der Waals surface area contributed by atoms with Crippen molar-refractivity contribution in [1.82, 2.24) is 5.32 Å². The number of aliphatic hydroxyl groups excluding tert-OH is 12. The van der Waals surface area contributed by atoms with Crippen LogP contribution in [0.1, 0.15) is 6.92 Å². The van der Waals surface area contributed by atoms with Crippen molar-refractivity contribution in [3.05, 3.63) is 0 Å². The number of aliphatic hydroxyl groups is 12. The lowest BCUT2D eigenvalue weighted by atomic mass is 9.95. The Bertz CT molecular complexity index is 1260. The number of carbonyl (C=O) groups excluding carboxylic acids is 1. The first kappa shape index (κ1) is 43.3. The van der Waals surface area contributed by atoms with E-state index in [1.807, 2.05) is 0 Å². The molecule has 0 unspecified atom stereocenters. The van der Waals surface area contributed by atoms with Crippen molar-refractivity contribution in [2.45, 2.75) is 130 Å². The Balaban J connectivity index is 1.55. The minimum absolute atomic E-state index is 0.850. The summed E-state index contributed by atoms with van der Waals surface area (Å²) in [5.74, 6) is -0.878. The van der Waals surface area contributed by atoms with Crippen LogP contribution in [0.5, 0.6) is 0 Å². The largest absolute Gasteiger partial charge is 0.397 e. The Labute approximate surface area is 294 Å². The molecule has 52 heavy (non-hydrogen) atoms. The summed E-state index contributed by atoms with van der Waals surface area (Å²) in [7, 11) is -5.33. The van der Waals surface area contributed by atoms with Gasteiger partial charge in [-0.05, 0) is 0 Å². The van der Waals surface area contributed by atoms with E-state index in [4.69, 9.17) is 33.2 Å². The molecule has 4 aliphatic heterocycles. The van der Waals surface area contributed by atoms with Crippen molar-refractivity contribution in [3.8, 4) is 0 Å². The second-order valence-corrected chi connectivity index (χ2v) is 13.4. The Hall–Kier alpha value is -1.42. The van der Waals surface area contributed by atoms with E-state index in [1.54, 1.807) is 0 Å². The van der Waals surface area contributed by atoms with Crippen LogP contribution < -0.4 is 5.32 Å². The lowest BCUT2D eigenvalue weighted by Gasteiger charge is -2.49. The normalized spacial score (nSPS) is 47.6. The Kier molecular flexibility index (Phi) is 15.0. The van der Waals surface area contributed by atoms with Gasteiger partial charge in [-0.3, -0.25) is 9.35 Å². The van der Waals surface area contributed by atoms with E-state index < -0.39 is 165 Å². The van der Waals surface area contributed by atoms with Crippen molar-refractivity contribution < 1.29 is 116 Å². The standard InChI is InChI=1S/C26H45NO24S/c1-6(32)27-11-21(51-52(41,42)43)12(33)7(2-28)45-24(11)50-22-13(34)8(3-29)46-26(18(22)39)49-20-10(5-31)47-25(17(38)15(20)36)48-19-9(4-30)44-23(40)16(37)14(19)35/h7-26,28-31,33-40H,2-5H2,1H3,(H,27,32)(H,41,42,43)/t7-,8-,9-,10-,11-,12+,13+,14-,15-,16-,17-,18-,19-,20+,21-,22+,23-,24+,25+,26-/m1/s1. The average molecular weight is 788 g/mol. The number of ether oxygens (including phenoxy) is 7. The van der Waals surface area contributed by atoms with E-state index in [1.165, 1.54) is 0 Å². The van der Waals surface area contributed by atoms with E-state index in [0.717, 1.165) is 6.92 Å². The molecule has 26 heteroatoms. The van der Waals surface area contributed by atoms with Crippen molar-refractivity contribution >= 4 is 16.3 Å². The van der Waals surface area contributed by atoms with Crippen molar-refractivity contribution in [1.29, 1.82) is 0 Å². The van der Waals surface area contributed by atoms with E-state index in [2.05, 4.69) is 9.50 Å². The zero-order chi connectivity index (χ0) is 38.8. The number of hydrogen-bond acceptors (Lipinski definition) is 23. The predicted octanol–water partition coefficient (Wildman–Crippen LogP) is -9.78. The maximum absolute atomic E-state index is 12.0. The van der Waals surface area contributed by atoms with E-state index >= 15 is 0 Å². The Morgan fingerprint density at radius 3 is 1.48 bits per heavy atom. The molecule has 0 radical (unpaired) electrons. The van der Waals surface area contributed by atoms with E-state index in [0.29, 0.717) is 0 Å². The van der Waals surface area contributed by atoms with Gasteiger partial charge in [0.15, 0.2) is 25.2 Å². The van der Waals surface area contributed by atoms with Gasteiger partial charge in [0.1, 0.15) is 97.6 Å². The molecule has 4 aliphatic rings. The summed E-state index contributed by atoms with van der Waals surface area (Å²) < 4.78 is 75.2. The molecular weight excluding hydrogens is 742 g/mol. The summed E-state index contributed by atoms with van der Waals surface area (Å²) in [6.07, 6.45) is -36.0. The third kappa shape index (κ3) is 9.50. The molecule has 0 spiro atoms. The molecule has 0 saturated carbocycles. The smallest absolute Gasteiger partial charge is 0.394 e. The van der Waals surface area contributed by atoms with E-state index in [9.17, 15) is 79.0 Å². The van der Waals surface area contributed by atoms with Crippen LogP contribution in [0, 0.1) is 0 Å². The quantitative estimate of drug-likeness (QED) is 0.0770. The second-order valence-electron chi connectivity index (χ2n) is 12.4. The fraction of sp³-hybridized carbons (Fsp3) is 0.962. The molecule has 4 fully saturated rings. The molecule has 4 saturated heterocycles. The van der Waals surface area contributed by atoms with Gasteiger partial charge in [-0.15, -0.1) is 0 Å². The number of carbonyl (C=O) groups is 1. The molecule has 304 valence electrons. The average Bonchev–Trinajstić information content (AvgIpc) is 3.08. The van der Waals surface area contributed by atoms with Gasteiger partial charge >= 0.3 is 10.4 Å². The summed E-state index contributed by atoms with van der Waals surface area (Å²) in [5.41, 5.74) is 0. The van der Waals surface area contributed by atoms with Crippen LogP contribution in [0.25, 0.3) is 0 Å². The van der Waals surface area contributed by atoms with Crippen LogP contribution in [0.4, 0.5) is 0 Å². The van der Waals surface area contributed by atoms with Crippen LogP contribution >= 0.6 is 0 Å². The summed E-state index contributed by atoms with van der Waals surface area (Å²) >= 11 is 0. The molecule has 0 aromatic heterocycles. The van der Waals surface area contributed by atoms with Gasteiger partial charge in [0.25, 0.3) is 0 Å². The molecule has 4 rings (SSSR count). The molecule has 20 atom stereocenters. The van der Waals surface area contributed by atoms with Gasteiger partial charge in [-0.1, -0.05) is 0 Å². The minimum atomic E-state index is -5.33. The number of rotatable bonds is 13. The van der Waals surface area contributed by atoms with Gasteiger partial charge in [0.05, 0.1) is 26.4 Å². The molecule has 14 N–H and O–H groups in total. The molecule has 0 bridgehead atoms. The van der Waals surface area contributed by atoms with Crippen LogP contribution in [0.2, 0.25) is 0 Å². The lowest BCUT2D eigenvalue weighted by molar-refractivity contribution is -0.385. The molecular formula is C26H45NO24S. The lowest BCUT2D eigenvalue weighted by Crippen LogP contribution is -2.69. The van der Waals surface area contributed by atoms with E-state index in [-0.39, 0.29) is 0 Å². The van der Waals surface area contributed by atoms with Gasteiger partial charge < -0.3 is 99.8 Å². The zero-order valence-electron chi connectivity index (χ0n) is 27.1. The molecule has 0 aromatic carbocycles. The minimum Gasteiger partial charge on any atom is -0.394 e. The number of hydrogen-bond donors (Lipinski definition) is 14. The maximum atomic E-state index is 12.0. The molecule has 25 nitrogen and oxygen atoms in total. The van der Waals surface area contributed by atoms with Crippen molar-refractivity contribution in [2.24, 2.45) is 0 Å². The fourth-order valence-electron chi connectivity index (χ4n) is 6.19. The summed E-state index contributed by atoms with van der Waals surface area (Å²) in [6.45, 7) is -2.86. The van der Waals surface area contributed by atoms with Crippen molar-refractivity contribution in [3.63, 3.8) is 0 Å². The summed E-state index contributed by atoms with van der Waals surface area (Å²) in [4.78, 5) is 12.0. The highest BCUT2D eigenvalue weighted by Crippen LogP contribution is 2.34. The first-order valence-electron chi connectivity index (χ1n) is 15.8. The summed E-state index contributed by atoms with van der Waals surface area (Å²) in [5, 5.41) is 126. The monoisotopic (exact) mass is 787 g/mol. The third-order valence-electron chi connectivity index (χ3n) is 8.81. The maximum Gasteiger partial charge on any atom is 0.397 e. The zero-order valence-corrected chi connectivity index (χ0v) is 27.9. The first-order valence-corrected chi connectivity index (χ1v) is 17.1. The topological polar surface area (TPSA) is 400 Å². The highest BCUT2D eigenvalue weighted by Gasteiger charge is 2.56. The van der Waals surface area contributed by atoms with Gasteiger partial charge in [-0.2, -0.15) is 8.42 Å². The van der Waals surface area contributed by atoms with Crippen molar-refractivity contribution in [2.75, 3.05) is 26.4 Å². The SMILES string of the molecule is CC(=O)N[C@H]1[C@H](O[C@H]2[C@@H](O)[C@@H](CO)O[C@H](O[C@@H]3[C@H](O)[C@@H](O)[C@H](O[C@H]4[C@H](O)[C@@H](O)[C@H](O)O[C@@H]4CO)O[C@@H]3CO)[C@@H]2O)O[C@H](CO)[C@H](O)[C@@H]1OS(=O)(=O)O. The molecule has 0 aromatic rings. The molecule has 1 amide bonds. The van der Waals surface area contributed by atoms with Crippen LogP contribution in [0.15, 0.2) is 0 Å². The highest BCUT2D eigenvalue weighted by molar-refractivity contribution is 7.80. The number of nitrogens with one attached hydrogen (secondary N) is 1. The molecule has 0 aliphatic carbocycles. The highest BCUT2D eigenvalue weighted by atomic mass is 32.3. The van der Waals surface area contributed by atoms with Crippen LogP contribution in [-0.2, 0) is 52.5 Å². The Morgan fingerprint density at radius 2 is 0.981 bits per heavy atom. The molecule has 4 heterocycles. The van der Waals surface area contributed by atoms with Gasteiger partial charge in [0.2, 0.25) is 5.91 Å².